The summed E-state index contributed by atoms with van der Waals surface area (Å²) >= 11 is 0. The van der Waals surface area contributed by atoms with E-state index in [2.05, 4.69) is 10.2 Å². The summed E-state index contributed by atoms with van der Waals surface area (Å²) in [5.41, 5.74) is 4.82. The molecule has 126 valence electrons. The zero-order valence-electron chi connectivity index (χ0n) is 13.9. The number of H-pyrrole nitrogens is 1. The van der Waals surface area contributed by atoms with E-state index in [0.29, 0.717) is 18.5 Å². The Kier molecular flexibility index (Phi) is 4.38. The molecule has 2 heterocycles. The second-order valence-electron chi connectivity index (χ2n) is 6.28. The Morgan fingerprint density at radius 2 is 2.00 bits per heavy atom. The van der Waals surface area contributed by atoms with Crippen LogP contribution in [0, 0.1) is 13.8 Å². The zero-order chi connectivity index (χ0) is 17.3. The van der Waals surface area contributed by atoms with Crippen molar-refractivity contribution in [1.29, 1.82) is 0 Å². The van der Waals surface area contributed by atoms with Crippen LogP contribution in [0.5, 0.6) is 0 Å². The Morgan fingerprint density at radius 1 is 1.29 bits per heavy atom. The molecule has 1 saturated heterocycles. The molecule has 0 spiro atoms. The third kappa shape index (κ3) is 3.04. The number of aromatic amines is 1. The zero-order valence-corrected chi connectivity index (χ0v) is 13.9. The van der Waals surface area contributed by atoms with Crippen LogP contribution in [0.2, 0.25) is 0 Å². The topological polar surface area (TPSA) is 86.3 Å². The van der Waals surface area contributed by atoms with Gasteiger partial charge in [-0.15, -0.1) is 0 Å². The predicted molar refractivity (Wildman–Crippen MR) is 89.0 cm³/mol. The summed E-state index contributed by atoms with van der Waals surface area (Å²) in [5, 5.41) is 16.4. The number of carboxylic acid groups (broad SMARTS) is 1. The maximum Gasteiger partial charge on any atom is 0.326 e. The van der Waals surface area contributed by atoms with Crippen LogP contribution in [0.1, 0.15) is 45.7 Å². The molecule has 24 heavy (non-hydrogen) atoms. The Balaban J connectivity index is 1.75. The normalized spacial score (nSPS) is 17.2. The molecule has 3 rings (SSSR count). The minimum absolute atomic E-state index is 0.206. The lowest BCUT2D eigenvalue weighted by Crippen LogP contribution is -2.40. The lowest BCUT2D eigenvalue weighted by atomic mass is 10.0. The number of hydrogen-bond acceptors (Lipinski definition) is 3. The van der Waals surface area contributed by atoms with Crippen molar-refractivity contribution in [1.82, 2.24) is 15.1 Å². The van der Waals surface area contributed by atoms with Crippen LogP contribution in [0.4, 0.5) is 0 Å². The highest BCUT2D eigenvalue weighted by Gasteiger charge is 2.34. The molecule has 2 N–H and O–H groups in total. The smallest absolute Gasteiger partial charge is 0.326 e. The van der Waals surface area contributed by atoms with Crippen LogP contribution < -0.4 is 0 Å². The summed E-state index contributed by atoms with van der Waals surface area (Å²) in [4.78, 5) is 25.2. The first-order valence-electron chi connectivity index (χ1n) is 8.10. The lowest BCUT2D eigenvalue weighted by Gasteiger charge is -2.21. The Labute approximate surface area is 140 Å². The van der Waals surface area contributed by atoms with Crippen molar-refractivity contribution < 1.29 is 14.7 Å². The van der Waals surface area contributed by atoms with Crippen molar-refractivity contribution in [3.8, 4) is 0 Å². The van der Waals surface area contributed by atoms with Gasteiger partial charge in [0.15, 0.2) is 0 Å². The summed E-state index contributed by atoms with van der Waals surface area (Å²) in [6, 6.07) is 6.70. The van der Waals surface area contributed by atoms with E-state index in [4.69, 9.17) is 0 Å². The number of aryl methyl sites for hydroxylation is 2. The number of aliphatic carboxylic acids is 1. The maximum atomic E-state index is 12.5. The first kappa shape index (κ1) is 16.2. The quantitative estimate of drug-likeness (QED) is 0.902. The number of rotatable bonds is 4. The lowest BCUT2D eigenvalue weighted by molar-refractivity contribution is -0.141. The van der Waals surface area contributed by atoms with Crippen molar-refractivity contribution in [3.05, 3.63) is 52.3 Å². The van der Waals surface area contributed by atoms with E-state index in [1.165, 1.54) is 10.5 Å². The van der Waals surface area contributed by atoms with Gasteiger partial charge in [-0.3, -0.25) is 9.89 Å². The molecular weight excluding hydrogens is 306 g/mol. The van der Waals surface area contributed by atoms with E-state index in [1.807, 2.05) is 26.0 Å². The monoisotopic (exact) mass is 327 g/mol. The SMILES string of the molecule is Cc1n[nH]c(C)c1Cc1ccc(C(=O)N2CCCC2C(=O)O)cc1. The molecule has 1 unspecified atom stereocenters. The van der Waals surface area contributed by atoms with Gasteiger partial charge in [0.2, 0.25) is 0 Å². The van der Waals surface area contributed by atoms with Crippen LogP contribution in [0.25, 0.3) is 0 Å². The Morgan fingerprint density at radius 3 is 2.58 bits per heavy atom. The summed E-state index contributed by atoms with van der Waals surface area (Å²) in [6.07, 6.45) is 2.02. The Bertz CT molecular complexity index is 745. The first-order chi connectivity index (χ1) is 11.5. The van der Waals surface area contributed by atoms with Gasteiger partial charge in [0.05, 0.1) is 5.69 Å². The predicted octanol–water partition coefficient (Wildman–Crippen LogP) is 2.31. The van der Waals surface area contributed by atoms with E-state index in [0.717, 1.165) is 29.8 Å². The van der Waals surface area contributed by atoms with Crippen LogP contribution >= 0.6 is 0 Å². The van der Waals surface area contributed by atoms with Gasteiger partial charge in [-0.25, -0.2) is 4.79 Å². The molecule has 1 fully saturated rings. The molecule has 1 amide bonds. The van der Waals surface area contributed by atoms with Crippen LogP contribution in [0.15, 0.2) is 24.3 Å². The van der Waals surface area contributed by atoms with Gasteiger partial charge in [0, 0.05) is 29.8 Å². The molecular formula is C18H21N3O3. The minimum atomic E-state index is -0.927. The van der Waals surface area contributed by atoms with Gasteiger partial charge in [0.25, 0.3) is 5.91 Å². The number of carbonyl (C=O) groups is 2. The third-order valence-electron chi connectivity index (χ3n) is 4.66. The second kappa shape index (κ2) is 6.47. The molecule has 0 aliphatic carbocycles. The van der Waals surface area contributed by atoms with Crippen LogP contribution in [0.3, 0.4) is 0 Å². The number of hydrogen-bond donors (Lipinski definition) is 2. The van der Waals surface area contributed by atoms with Gasteiger partial charge in [-0.05, 0) is 44.4 Å². The van der Waals surface area contributed by atoms with Crippen molar-refractivity contribution >= 4 is 11.9 Å². The summed E-state index contributed by atoms with van der Waals surface area (Å²) < 4.78 is 0. The highest BCUT2D eigenvalue weighted by molar-refractivity contribution is 5.97. The van der Waals surface area contributed by atoms with Crippen LogP contribution in [-0.2, 0) is 11.2 Å². The summed E-state index contributed by atoms with van der Waals surface area (Å²) in [5.74, 6) is -1.13. The van der Waals surface area contributed by atoms with Crippen molar-refractivity contribution in [2.45, 2.75) is 39.2 Å². The molecule has 2 aromatic rings. The number of amides is 1. The number of benzene rings is 1. The summed E-state index contributed by atoms with van der Waals surface area (Å²) in [7, 11) is 0. The van der Waals surface area contributed by atoms with E-state index < -0.39 is 12.0 Å². The summed E-state index contributed by atoms with van der Waals surface area (Å²) in [6.45, 7) is 4.47. The average molecular weight is 327 g/mol. The molecule has 1 aromatic carbocycles. The van der Waals surface area contributed by atoms with E-state index in [9.17, 15) is 14.7 Å². The molecule has 1 aliphatic heterocycles. The van der Waals surface area contributed by atoms with Crippen molar-refractivity contribution in [3.63, 3.8) is 0 Å². The number of likely N-dealkylation sites (tertiary alicyclic amines) is 1. The third-order valence-corrected chi connectivity index (χ3v) is 4.66. The number of carboxylic acids is 1. The Hall–Kier alpha value is -2.63. The molecule has 6 nitrogen and oxygen atoms in total. The fraction of sp³-hybridized carbons (Fsp3) is 0.389. The molecule has 6 heteroatoms. The highest BCUT2D eigenvalue weighted by atomic mass is 16.4. The highest BCUT2D eigenvalue weighted by Crippen LogP contribution is 2.21. The number of carbonyl (C=O) groups excluding carboxylic acids is 1. The van der Waals surface area contributed by atoms with E-state index in [-0.39, 0.29) is 5.91 Å². The standard InChI is InChI=1S/C18H21N3O3/c1-11-15(12(2)20-19-11)10-13-5-7-14(8-6-13)17(22)21-9-3-4-16(21)18(23)24/h5-8,16H,3-4,9-10H2,1-2H3,(H,19,20)(H,23,24). The van der Waals surface area contributed by atoms with E-state index in [1.54, 1.807) is 12.1 Å². The van der Waals surface area contributed by atoms with Gasteiger partial charge in [-0.2, -0.15) is 5.10 Å². The number of nitrogens with one attached hydrogen (secondary N) is 1. The van der Waals surface area contributed by atoms with Gasteiger partial charge >= 0.3 is 5.97 Å². The average Bonchev–Trinajstić information content (AvgIpc) is 3.17. The van der Waals surface area contributed by atoms with E-state index >= 15 is 0 Å². The molecule has 0 radical (unpaired) electrons. The van der Waals surface area contributed by atoms with Crippen molar-refractivity contribution in [2.75, 3.05) is 6.54 Å². The largest absolute Gasteiger partial charge is 0.480 e. The first-order valence-corrected chi connectivity index (χ1v) is 8.10. The molecule has 0 saturated carbocycles. The second-order valence-corrected chi connectivity index (χ2v) is 6.28. The van der Waals surface area contributed by atoms with Crippen LogP contribution in [-0.4, -0.2) is 44.7 Å². The number of nitrogens with zero attached hydrogens (tertiary/aromatic N) is 2. The molecule has 1 aliphatic rings. The molecule has 1 aromatic heterocycles. The van der Waals surface area contributed by atoms with Gasteiger partial charge in [-0.1, -0.05) is 12.1 Å². The van der Waals surface area contributed by atoms with Gasteiger partial charge in [0.1, 0.15) is 6.04 Å². The molecule has 0 bridgehead atoms. The van der Waals surface area contributed by atoms with Crippen molar-refractivity contribution in [2.24, 2.45) is 0 Å². The molecule has 1 atom stereocenters. The fourth-order valence-corrected chi connectivity index (χ4v) is 3.24. The van der Waals surface area contributed by atoms with Gasteiger partial charge < -0.3 is 10.0 Å². The minimum Gasteiger partial charge on any atom is -0.480 e. The fourth-order valence-electron chi connectivity index (χ4n) is 3.24. The number of aromatic nitrogens is 2. The maximum absolute atomic E-state index is 12.5.